The first-order chi connectivity index (χ1) is 14.7. The molecule has 6 nitrogen and oxygen atoms in total. The number of methoxy groups -OCH3 is 2. The minimum absolute atomic E-state index is 0. The Bertz CT molecular complexity index is 869. The van der Waals surface area contributed by atoms with Gasteiger partial charge in [0.2, 0.25) is 0 Å². The van der Waals surface area contributed by atoms with Crippen LogP contribution in [0.4, 0.5) is 0 Å². The summed E-state index contributed by atoms with van der Waals surface area (Å²) in [6.07, 6.45) is 1.18. The molecule has 2 fully saturated rings. The van der Waals surface area contributed by atoms with Crippen LogP contribution in [0.5, 0.6) is 11.5 Å². The van der Waals surface area contributed by atoms with Crippen molar-refractivity contribution in [1.29, 1.82) is 0 Å². The fraction of sp³-hybridized carbons (Fsp3) is 0.458. The molecule has 2 unspecified atom stereocenters. The lowest BCUT2D eigenvalue weighted by molar-refractivity contribution is 0.172. The second kappa shape index (κ2) is 11.0. The standard InChI is InChI=1S/C24H32N4O2.HI/c1-25-24(26-21-16-20(21)19-7-5-4-6-8-19)28-13-11-27(12-14-28)17-18-9-10-22(29-2)23(15-18)30-3;/h4-10,15,20-21H,11-14,16-17H2,1-3H3,(H,25,26);1H. The molecule has 2 aromatic rings. The maximum absolute atomic E-state index is 5.44. The lowest BCUT2D eigenvalue weighted by Crippen LogP contribution is -2.52. The smallest absolute Gasteiger partial charge is 0.193 e. The summed E-state index contributed by atoms with van der Waals surface area (Å²) < 4.78 is 10.8. The number of ether oxygens (including phenoxy) is 2. The average Bonchev–Trinajstić information content (AvgIpc) is 3.58. The van der Waals surface area contributed by atoms with Crippen LogP contribution < -0.4 is 14.8 Å². The number of hydrogen-bond donors (Lipinski definition) is 1. The molecule has 1 aliphatic carbocycles. The van der Waals surface area contributed by atoms with Crippen molar-refractivity contribution in [2.75, 3.05) is 47.4 Å². The van der Waals surface area contributed by atoms with E-state index in [4.69, 9.17) is 9.47 Å². The fourth-order valence-electron chi connectivity index (χ4n) is 4.24. The van der Waals surface area contributed by atoms with Gasteiger partial charge < -0.3 is 19.7 Å². The van der Waals surface area contributed by atoms with E-state index in [0.717, 1.165) is 50.2 Å². The molecule has 7 heteroatoms. The van der Waals surface area contributed by atoms with Crippen LogP contribution in [0.2, 0.25) is 0 Å². The van der Waals surface area contributed by atoms with Crippen molar-refractivity contribution in [3.05, 3.63) is 59.7 Å². The Kier molecular flexibility index (Phi) is 8.43. The van der Waals surface area contributed by atoms with Crippen molar-refractivity contribution in [2.45, 2.75) is 24.9 Å². The summed E-state index contributed by atoms with van der Waals surface area (Å²) in [6, 6.07) is 17.4. The molecule has 0 spiro atoms. The molecular weight excluding hydrogens is 503 g/mol. The zero-order valence-electron chi connectivity index (χ0n) is 18.6. The Morgan fingerprint density at radius 1 is 1.00 bits per heavy atom. The van der Waals surface area contributed by atoms with E-state index in [9.17, 15) is 0 Å². The molecule has 2 aliphatic rings. The molecular formula is C24H33IN4O2. The predicted octanol–water partition coefficient (Wildman–Crippen LogP) is 3.57. The van der Waals surface area contributed by atoms with Gasteiger partial charge in [-0.1, -0.05) is 36.4 Å². The molecule has 31 heavy (non-hydrogen) atoms. The van der Waals surface area contributed by atoms with E-state index in [1.54, 1.807) is 14.2 Å². The van der Waals surface area contributed by atoms with Gasteiger partial charge in [-0.2, -0.15) is 0 Å². The molecule has 1 heterocycles. The Morgan fingerprint density at radius 3 is 2.35 bits per heavy atom. The van der Waals surface area contributed by atoms with Crippen molar-refractivity contribution in [1.82, 2.24) is 15.1 Å². The highest BCUT2D eigenvalue weighted by Gasteiger charge is 2.39. The van der Waals surface area contributed by atoms with E-state index in [1.165, 1.54) is 17.5 Å². The van der Waals surface area contributed by atoms with Gasteiger partial charge >= 0.3 is 0 Å². The number of halogens is 1. The number of aliphatic imine (C=N–C) groups is 1. The molecule has 2 aromatic carbocycles. The Balaban J connectivity index is 0.00000272. The maximum Gasteiger partial charge on any atom is 0.193 e. The first-order valence-corrected chi connectivity index (χ1v) is 10.7. The third-order valence-electron chi connectivity index (χ3n) is 6.07. The van der Waals surface area contributed by atoms with Crippen LogP contribution in [0.25, 0.3) is 0 Å². The molecule has 1 saturated heterocycles. The highest BCUT2D eigenvalue weighted by Crippen LogP contribution is 2.40. The first kappa shape index (κ1) is 23.7. The number of piperazine rings is 1. The number of nitrogens with zero attached hydrogens (tertiary/aromatic N) is 3. The normalized spacial score (nSPS) is 21.3. The quantitative estimate of drug-likeness (QED) is 0.348. The monoisotopic (exact) mass is 536 g/mol. The SMILES string of the molecule is CN=C(NC1CC1c1ccccc1)N1CCN(Cc2ccc(OC)c(OC)c2)CC1.I. The highest BCUT2D eigenvalue weighted by atomic mass is 127. The first-order valence-electron chi connectivity index (χ1n) is 10.7. The summed E-state index contributed by atoms with van der Waals surface area (Å²) >= 11 is 0. The molecule has 1 aliphatic heterocycles. The minimum Gasteiger partial charge on any atom is -0.493 e. The van der Waals surface area contributed by atoms with E-state index in [1.807, 2.05) is 13.1 Å². The van der Waals surface area contributed by atoms with E-state index >= 15 is 0 Å². The summed E-state index contributed by atoms with van der Waals surface area (Å²) in [5, 5.41) is 3.68. The lowest BCUT2D eigenvalue weighted by atomic mass is 10.1. The fourth-order valence-corrected chi connectivity index (χ4v) is 4.24. The summed E-state index contributed by atoms with van der Waals surface area (Å²) in [7, 11) is 5.24. The number of rotatable bonds is 6. The second-order valence-corrected chi connectivity index (χ2v) is 8.00. The van der Waals surface area contributed by atoms with E-state index in [-0.39, 0.29) is 24.0 Å². The second-order valence-electron chi connectivity index (χ2n) is 8.00. The van der Waals surface area contributed by atoms with Gasteiger partial charge in [0.15, 0.2) is 17.5 Å². The molecule has 0 bridgehead atoms. The number of benzene rings is 2. The van der Waals surface area contributed by atoms with Crippen LogP contribution in [0, 0.1) is 0 Å². The maximum atomic E-state index is 5.44. The number of hydrogen-bond acceptors (Lipinski definition) is 4. The highest BCUT2D eigenvalue weighted by molar-refractivity contribution is 14.0. The molecule has 1 saturated carbocycles. The van der Waals surface area contributed by atoms with Gasteiger partial charge in [-0.3, -0.25) is 9.89 Å². The van der Waals surface area contributed by atoms with Crippen molar-refractivity contribution in [3.63, 3.8) is 0 Å². The Hall–Kier alpha value is -2.00. The van der Waals surface area contributed by atoms with Gasteiger partial charge in [-0.15, -0.1) is 24.0 Å². The van der Waals surface area contributed by atoms with Crippen molar-refractivity contribution in [3.8, 4) is 11.5 Å². The van der Waals surface area contributed by atoms with Gasteiger partial charge in [-0.25, -0.2) is 0 Å². The predicted molar refractivity (Wildman–Crippen MR) is 136 cm³/mol. The zero-order chi connectivity index (χ0) is 20.9. The third-order valence-corrected chi connectivity index (χ3v) is 6.07. The summed E-state index contributed by atoms with van der Waals surface area (Å²) in [4.78, 5) is 9.41. The molecule has 0 radical (unpaired) electrons. The summed E-state index contributed by atoms with van der Waals surface area (Å²) in [5.41, 5.74) is 2.66. The number of guanidine groups is 1. The summed E-state index contributed by atoms with van der Waals surface area (Å²) in [6.45, 7) is 4.91. The van der Waals surface area contributed by atoms with E-state index < -0.39 is 0 Å². The molecule has 0 amide bonds. The minimum atomic E-state index is 0. The van der Waals surface area contributed by atoms with Crippen LogP contribution in [0.3, 0.4) is 0 Å². The van der Waals surface area contributed by atoms with Gasteiger partial charge in [0.1, 0.15) is 0 Å². The molecule has 0 aromatic heterocycles. The van der Waals surface area contributed by atoms with Gasteiger partial charge in [0, 0.05) is 51.7 Å². The average molecular weight is 536 g/mol. The van der Waals surface area contributed by atoms with Gasteiger partial charge in [0.05, 0.1) is 14.2 Å². The van der Waals surface area contributed by atoms with Crippen LogP contribution in [0.1, 0.15) is 23.5 Å². The third kappa shape index (κ3) is 5.83. The topological polar surface area (TPSA) is 49.3 Å². The summed E-state index contributed by atoms with van der Waals surface area (Å²) in [5.74, 6) is 3.20. The van der Waals surface area contributed by atoms with Crippen molar-refractivity contribution < 1.29 is 9.47 Å². The van der Waals surface area contributed by atoms with Gasteiger partial charge in [0.25, 0.3) is 0 Å². The zero-order valence-corrected chi connectivity index (χ0v) is 20.9. The van der Waals surface area contributed by atoms with Crippen LogP contribution in [-0.2, 0) is 6.54 Å². The Morgan fingerprint density at radius 2 is 1.71 bits per heavy atom. The van der Waals surface area contributed by atoms with Crippen LogP contribution in [0.15, 0.2) is 53.5 Å². The largest absolute Gasteiger partial charge is 0.493 e. The van der Waals surface area contributed by atoms with Crippen molar-refractivity contribution >= 4 is 29.9 Å². The van der Waals surface area contributed by atoms with E-state index in [2.05, 4.69) is 62.6 Å². The van der Waals surface area contributed by atoms with Gasteiger partial charge in [-0.05, 0) is 29.7 Å². The molecule has 4 rings (SSSR count). The van der Waals surface area contributed by atoms with E-state index in [0.29, 0.717) is 12.0 Å². The molecule has 1 N–H and O–H groups in total. The number of nitrogens with one attached hydrogen (secondary N) is 1. The molecule has 2 atom stereocenters. The lowest BCUT2D eigenvalue weighted by Gasteiger charge is -2.36. The molecule has 168 valence electrons. The van der Waals surface area contributed by atoms with Crippen LogP contribution >= 0.6 is 24.0 Å². The Labute approximate surface area is 202 Å². The van der Waals surface area contributed by atoms with Crippen LogP contribution in [-0.4, -0.2) is 69.2 Å². The van der Waals surface area contributed by atoms with Crippen molar-refractivity contribution in [2.24, 2.45) is 4.99 Å².